The molecule has 1 heterocycles. The first-order valence-corrected chi connectivity index (χ1v) is 6.17. The molecule has 0 fully saturated rings. The predicted octanol–water partition coefficient (Wildman–Crippen LogP) is 2.26. The minimum Gasteiger partial charge on any atom is -0.345 e. The maximum atomic E-state index is 13.7. The Morgan fingerprint density at radius 1 is 1.45 bits per heavy atom. The third-order valence-electron chi connectivity index (χ3n) is 2.38. The van der Waals surface area contributed by atoms with Crippen LogP contribution in [0.1, 0.15) is 15.4 Å². The van der Waals surface area contributed by atoms with Gasteiger partial charge in [0.15, 0.2) is 0 Å². The number of amides is 1. The van der Waals surface area contributed by atoms with Crippen molar-refractivity contribution in [1.29, 1.82) is 0 Å². The first kappa shape index (κ1) is 14.0. The number of benzene rings is 1. The molecule has 0 atom stereocenters. The van der Waals surface area contributed by atoms with Crippen molar-refractivity contribution in [3.63, 3.8) is 0 Å². The highest BCUT2D eigenvalue weighted by Gasteiger charge is 2.26. The molecule has 0 aliphatic carbocycles. The van der Waals surface area contributed by atoms with Gasteiger partial charge in [0, 0.05) is 17.6 Å². The van der Waals surface area contributed by atoms with Crippen molar-refractivity contribution < 1.29 is 18.5 Å². The largest absolute Gasteiger partial charge is 0.345 e. The van der Waals surface area contributed by atoms with Gasteiger partial charge >= 0.3 is 5.69 Å². The number of hydrogen-bond donors (Lipinski definition) is 1. The monoisotopic (exact) mass is 299 g/mol. The molecule has 2 rings (SSSR count). The van der Waals surface area contributed by atoms with Gasteiger partial charge in [0.05, 0.1) is 11.5 Å². The molecule has 104 valence electrons. The normalized spacial score (nSPS) is 10.3. The molecule has 20 heavy (non-hydrogen) atoms. The van der Waals surface area contributed by atoms with Crippen molar-refractivity contribution >= 4 is 22.9 Å². The second-order valence-corrected chi connectivity index (χ2v) is 4.60. The van der Waals surface area contributed by atoms with Crippen LogP contribution in [0.5, 0.6) is 0 Å². The number of nitro benzene ring substituents is 1. The van der Waals surface area contributed by atoms with E-state index in [9.17, 15) is 23.7 Å². The van der Waals surface area contributed by atoms with Gasteiger partial charge < -0.3 is 5.32 Å². The van der Waals surface area contributed by atoms with Gasteiger partial charge in [0.1, 0.15) is 16.4 Å². The number of nitrogens with zero attached hydrogens (tertiary/aromatic N) is 2. The summed E-state index contributed by atoms with van der Waals surface area (Å²) in [5, 5.41) is 15.0. The smallest absolute Gasteiger partial charge is 0.305 e. The highest BCUT2D eigenvalue weighted by Crippen LogP contribution is 2.23. The van der Waals surface area contributed by atoms with Crippen molar-refractivity contribution in [3.05, 3.63) is 56.0 Å². The number of rotatable bonds is 4. The van der Waals surface area contributed by atoms with Crippen LogP contribution in [0.25, 0.3) is 0 Å². The second kappa shape index (κ2) is 5.70. The maximum Gasteiger partial charge on any atom is 0.305 e. The lowest BCUT2D eigenvalue weighted by Crippen LogP contribution is -2.25. The number of hydrogen-bond acceptors (Lipinski definition) is 5. The van der Waals surface area contributed by atoms with Crippen molar-refractivity contribution in [2.75, 3.05) is 0 Å². The van der Waals surface area contributed by atoms with Crippen LogP contribution in [0.4, 0.5) is 14.5 Å². The molecular formula is C11H7F2N3O3S. The summed E-state index contributed by atoms with van der Waals surface area (Å²) in [5.74, 6) is -3.73. The van der Waals surface area contributed by atoms with Crippen molar-refractivity contribution in [2.45, 2.75) is 6.54 Å². The number of nitro groups is 1. The highest BCUT2D eigenvalue weighted by molar-refractivity contribution is 7.09. The van der Waals surface area contributed by atoms with Crippen molar-refractivity contribution in [2.24, 2.45) is 0 Å². The first-order chi connectivity index (χ1) is 9.50. The molecule has 0 unspecified atom stereocenters. The van der Waals surface area contributed by atoms with Gasteiger partial charge in [-0.1, -0.05) is 0 Å². The average molecular weight is 299 g/mol. The fraction of sp³-hybridized carbons (Fsp3) is 0.0909. The standard InChI is InChI=1S/C11H7F2N3O3S/c12-6-1-2-7(16(18)19)10(13)9(6)11(17)15-5-8-14-3-4-20-8/h1-4H,5H2,(H,15,17). The molecule has 0 saturated heterocycles. The molecule has 1 amide bonds. The van der Waals surface area contributed by atoms with E-state index in [0.717, 1.165) is 0 Å². The Labute approximate surface area is 115 Å². The number of thiazole rings is 1. The zero-order valence-corrected chi connectivity index (χ0v) is 10.6. The molecule has 0 radical (unpaired) electrons. The summed E-state index contributed by atoms with van der Waals surface area (Å²) in [6, 6.07) is 1.35. The minimum absolute atomic E-state index is 0.0158. The summed E-state index contributed by atoms with van der Waals surface area (Å²) in [6.45, 7) is -0.0158. The van der Waals surface area contributed by atoms with Crippen molar-refractivity contribution in [1.82, 2.24) is 10.3 Å². The summed E-state index contributed by atoms with van der Waals surface area (Å²) < 4.78 is 27.2. The Bertz CT molecular complexity index is 661. The lowest BCUT2D eigenvalue weighted by Gasteiger charge is -2.06. The van der Waals surface area contributed by atoms with E-state index < -0.39 is 33.7 Å². The molecule has 0 aliphatic heterocycles. The van der Waals surface area contributed by atoms with E-state index >= 15 is 0 Å². The van der Waals surface area contributed by atoms with E-state index in [1.807, 2.05) is 0 Å². The molecular weight excluding hydrogens is 292 g/mol. The van der Waals surface area contributed by atoms with Crippen LogP contribution < -0.4 is 5.32 Å². The minimum atomic E-state index is -1.49. The Morgan fingerprint density at radius 3 is 2.80 bits per heavy atom. The van der Waals surface area contributed by atoms with E-state index in [1.165, 1.54) is 17.5 Å². The Morgan fingerprint density at radius 2 is 2.20 bits per heavy atom. The quantitative estimate of drug-likeness (QED) is 0.693. The van der Waals surface area contributed by atoms with E-state index in [2.05, 4.69) is 10.3 Å². The average Bonchev–Trinajstić information content (AvgIpc) is 2.89. The van der Waals surface area contributed by atoms with Crippen LogP contribution in [0.15, 0.2) is 23.7 Å². The molecule has 9 heteroatoms. The molecule has 0 aliphatic rings. The van der Waals surface area contributed by atoms with E-state index in [-0.39, 0.29) is 6.54 Å². The molecule has 6 nitrogen and oxygen atoms in total. The van der Waals surface area contributed by atoms with Crippen LogP contribution >= 0.6 is 11.3 Å². The van der Waals surface area contributed by atoms with Crippen LogP contribution in [-0.4, -0.2) is 15.8 Å². The Hall–Kier alpha value is -2.42. The van der Waals surface area contributed by atoms with E-state index in [1.54, 1.807) is 5.38 Å². The molecule has 2 aromatic rings. The summed E-state index contributed by atoms with van der Waals surface area (Å²) >= 11 is 1.25. The van der Waals surface area contributed by atoms with E-state index in [0.29, 0.717) is 17.1 Å². The van der Waals surface area contributed by atoms with Crippen LogP contribution in [0, 0.1) is 21.7 Å². The van der Waals surface area contributed by atoms with Gasteiger partial charge in [-0.2, -0.15) is 4.39 Å². The lowest BCUT2D eigenvalue weighted by molar-refractivity contribution is -0.387. The van der Waals surface area contributed by atoms with Gasteiger partial charge in [-0.15, -0.1) is 11.3 Å². The predicted molar refractivity (Wildman–Crippen MR) is 66.3 cm³/mol. The number of nitrogens with one attached hydrogen (secondary N) is 1. The van der Waals surface area contributed by atoms with Crippen LogP contribution in [-0.2, 0) is 6.54 Å². The summed E-state index contributed by atoms with van der Waals surface area (Å²) in [5.41, 5.74) is -1.93. The van der Waals surface area contributed by atoms with Gasteiger partial charge in [-0.25, -0.2) is 9.37 Å². The molecule has 1 aromatic heterocycles. The Balaban J connectivity index is 2.25. The summed E-state index contributed by atoms with van der Waals surface area (Å²) in [7, 11) is 0. The topological polar surface area (TPSA) is 85.1 Å². The molecule has 1 N–H and O–H groups in total. The molecule has 0 spiro atoms. The van der Waals surface area contributed by atoms with Gasteiger partial charge in [-0.3, -0.25) is 14.9 Å². The summed E-state index contributed by atoms with van der Waals surface area (Å²) in [6.07, 6.45) is 1.51. The molecule has 1 aromatic carbocycles. The van der Waals surface area contributed by atoms with E-state index in [4.69, 9.17) is 0 Å². The third kappa shape index (κ3) is 2.77. The fourth-order valence-corrected chi connectivity index (χ4v) is 2.03. The lowest BCUT2D eigenvalue weighted by atomic mass is 10.1. The third-order valence-corrected chi connectivity index (χ3v) is 3.16. The fourth-order valence-electron chi connectivity index (χ4n) is 1.48. The van der Waals surface area contributed by atoms with Gasteiger partial charge in [0.2, 0.25) is 5.82 Å². The number of carbonyl (C=O) groups excluding carboxylic acids is 1. The maximum absolute atomic E-state index is 13.7. The number of halogens is 2. The molecule has 0 saturated carbocycles. The zero-order valence-electron chi connectivity index (χ0n) is 9.80. The van der Waals surface area contributed by atoms with Gasteiger partial charge in [0.25, 0.3) is 5.91 Å². The van der Waals surface area contributed by atoms with Crippen molar-refractivity contribution in [3.8, 4) is 0 Å². The molecule has 0 bridgehead atoms. The van der Waals surface area contributed by atoms with Crippen LogP contribution in [0.2, 0.25) is 0 Å². The number of carbonyl (C=O) groups is 1. The van der Waals surface area contributed by atoms with Crippen LogP contribution in [0.3, 0.4) is 0 Å². The zero-order chi connectivity index (χ0) is 14.7. The Kier molecular flexibility index (Phi) is 3.99. The van der Waals surface area contributed by atoms with Gasteiger partial charge in [-0.05, 0) is 6.07 Å². The summed E-state index contributed by atoms with van der Waals surface area (Å²) in [4.78, 5) is 25.1. The highest BCUT2D eigenvalue weighted by atomic mass is 32.1. The second-order valence-electron chi connectivity index (χ2n) is 3.62. The SMILES string of the molecule is O=C(NCc1nccs1)c1c(F)ccc([N+](=O)[O-])c1F. The number of aromatic nitrogens is 1. The first-order valence-electron chi connectivity index (χ1n) is 5.29.